The molecule has 2 saturated heterocycles. The highest BCUT2D eigenvalue weighted by atomic mass is 28.4. The molecule has 0 radical (unpaired) electrons. The number of rotatable bonds is 14. The molecule has 4 atom stereocenters. The fourth-order valence-electron chi connectivity index (χ4n) is 6.26. The molecule has 1 N–H and O–H groups in total. The maximum absolute atomic E-state index is 12.6. The van der Waals surface area contributed by atoms with E-state index < -0.39 is 16.6 Å². The van der Waals surface area contributed by atoms with Crippen molar-refractivity contribution < 1.29 is 23.1 Å². The first-order valence-corrected chi connectivity index (χ1v) is 22.6. The van der Waals surface area contributed by atoms with Crippen molar-refractivity contribution in [2.24, 2.45) is 5.92 Å². The minimum absolute atomic E-state index is 0.00248. The third kappa shape index (κ3) is 10.2. The van der Waals surface area contributed by atoms with Gasteiger partial charge in [0.15, 0.2) is 16.6 Å². The Kier molecular flexibility index (Phi) is 13.1. The van der Waals surface area contributed by atoms with Crippen LogP contribution in [0, 0.1) is 5.92 Å². The summed E-state index contributed by atoms with van der Waals surface area (Å²) in [6.45, 7) is 23.8. The quantitative estimate of drug-likeness (QED) is 0.0899. The van der Waals surface area contributed by atoms with E-state index in [9.17, 15) is 4.79 Å². The molecule has 1 spiro atoms. The van der Waals surface area contributed by atoms with E-state index >= 15 is 0 Å². The van der Waals surface area contributed by atoms with Gasteiger partial charge in [0.1, 0.15) is 17.8 Å². The summed E-state index contributed by atoms with van der Waals surface area (Å²) < 4.78 is 25.6. The SMILES string of the molecule is CC[Si](CC)(CC)O[C@@H]1[C@@H](/C=C/C(C)=C/C[C@H]2CC[C@H](NC(=O)/C=C\[C@H](C)O[Si](C)(C)C(C)(C)C)CC2)OCC[C@@]12CO2. The summed E-state index contributed by atoms with van der Waals surface area (Å²) in [6, 6.07) is 3.67. The summed E-state index contributed by atoms with van der Waals surface area (Å²) in [4.78, 5) is 12.6. The Labute approximate surface area is 265 Å². The van der Waals surface area contributed by atoms with Gasteiger partial charge in [-0.05, 0) is 88.1 Å². The number of nitrogens with one attached hydrogen (secondary N) is 1. The van der Waals surface area contributed by atoms with Crippen molar-refractivity contribution in [3.05, 3.63) is 36.0 Å². The van der Waals surface area contributed by atoms with Crippen molar-refractivity contribution in [3.8, 4) is 0 Å². The number of allylic oxidation sites excluding steroid dienone is 3. The Morgan fingerprint density at radius 2 is 1.70 bits per heavy atom. The highest BCUT2D eigenvalue weighted by Crippen LogP contribution is 2.44. The van der Waals surface area contributed by atoms with Gasteiger partial charge in [-0.3, -0.25) is 4.79 Å². The van der Waals surface area contributed by atoms with E-state index in [4.69, 9.17) is 18.3 Å². The highest BCUT2D eigenvalue weighted by Gasteiger charge is 2.58. The van der Waals surface area contributed by atoms with Crippen LogP contribution in [0.3, 0.4) is 0 Å². The number of carbonyl (C=O) groups is 1. The van der Waals surface area contributed by atoms with E-state index in [0.717, 1.165) is 69.9 Å². The maximum atomic E-state index is 12.6. The molecule has 1 amide bonds. The lowest BCUT2D eigenvalue weighted by molar-refractivity contribution is -0.117. The topological polar surface area (TPSA) is 69.3 Å². The molecule has 2 heterocycles. The number of hydrogen-bond acceptors (Lipinski definition) is 5. The molecule has 1 saturated carbocycles. The zero-order valence-electron chi connectivity index (χ0n) is 29.1. The molecule has 3 rings (SSSR count). The van der Waals surface area contributed by atoms with Crippen molar-refractivity contribution in [2.75, 3.05) is 13.2 Å². The molecule has 43 heavy (non-hydrogen) atoms. The van der Waals surface area contributed by atoms with Crippen molar-refractivity contribution in [2.45, 2.75) is 160 Å². The van der Waals surface area contributed by atoms with Gasteiger partial charge in [-0.25, -0.2) is 0 Å². The van der Waals surface area contributed by atoms with Crippen molar-refractivity contribution in [1.82, 2.24) is 5.32 Å². The van der Waals surface area contributed by atoms with E-state index in [1.807, 2.05) is 13.0 Å². The summed E-state index contributed by atoms with van der Waals surface area (Å²) in [5.41, 5.74) is 1.14. The monoisotopic (exact) mass is 633 g/mol. The molecule has 3 fully saturated rings. The minimum Gasteiger partial charge on any atom is -0.411 e. The van der Waals surface area contributed by atoms with Crippen LogP contribution >= 0.6 is 0 Å². The minimum atomic E-state index is -1.85. The highest BCUT2D eigenvalue weighted by molar-refractivity contribution is 6.74. The summed E-state index contributed by atoms with van der Waals surface area (Å²) in [7, 11) is -3.62. The average molecular weight is 634 g/mol. The molecule has 8 heteroatoms. The molecule has 3 aliphatic rings. The first-order chi connectivity index (χ1) is 20.2. The lowest BCUT2D eigenvalue weighted by Crippen LogP contribution is -2.54. The third-order valence-electron chi connectivity index (χ3n) is 10.8. The fraction of sp³-hybridized carbons (Fsp3) is 0.800. The van der Waals surface area contributed by atoms with Crippen LogP contribution in [-0.2, 0) is 23.1 Å². The molecule has 0 bridgehead atoms. The van der Waals surface area contributed by atoms with Gasteiger partial charge in [-0.2, -0.15) is 0 Å². The van der Waals surface area contributed by atoms with E-state index in [-0.39, 0.29) is 40.9 Å². The predicted molar refractivity (Wildman–Crippen MR) is 183 cm³/mol. The second kappa shape index (κ2) is 15.5. The Bertz CT molecular complexity index is 976. The van der Waals surface area contributed by atoms with Gasteiger partial charge < -0.3 is 23.6 Å². The van der Waals surface area contributed by atoms with Gasteiger partial charge in [0.05, 0.1) is 19.3 Å². The molecular formula is C35H63NO5Si2. The van der Waals surface area contributed by atoms with Crippen LogP contribution < -0.4 is 5.32 Å². The third-order valence-corrected chi connectivity index (χ3v) is 20.0. The van der Waals surface area contributed by atoms with Crippen LogP contribution in [-0.4, -0.2) is 65.7 Å². The number of amides is 1. The van der Waals surface area contributed by atoms with Crippen LogP contribution in [0.1, 0.15) is 93.9 Å². The standard InChI is InChI=1S/C35H63NO5Si2/c1-11-43(12-2,13-3)41-33-31(38-25-24-35(33)26-39-35)22-15-27(4)14-17-29-18-20-30(21-19-29)36-32(37)23-16-28(5)40-42(9,10)34(6,7)8/h14-16,22-23,28-31,33H,11-13,17-21,24-26H2,1-10H3,(H,36,37)/b22-15+,23-16-,27-14+/t28-,29-,30-,31+,33+,35+/m0/s1. The Hall–Kier alpha value is -1.04. The predicted octanol–water partition coefficient (Wildman–Crippen LogP) is 8.47. The van der Waals surface area contributed by atoms with Gasteiger partial charge in [-0.15, -0.1) is 0 Å². The van der Waals surface area contributed by atoms with Crippen LogP contribution in [0.5, 0.6) is 0 Å². The Morgan fingerprint density at radius 1 is 1.07 bits per heavy atom. The zero-order chi connectivity index (χ0) is 31.9. The summed E-state index contributed by atoms with van der Waals surface area (Å²) in [5, 5.41) is 3.38. The lowest BCUT2D eigenvalue weighted by atomic mass is 9.83. The average Bonchev–Trinajstić information content (AvgIpc) is 3.73. The van der Waals surface area contributed by atoms with E-state index in [1.165, 1.54) is 5.57 Å². The molecule has 0 aromatic rings. The van der Waals surface area contributed by atoms with Crippen molar-refractivity contribution in [3.63, 3.8) is 0 Å². The van der Waals surface area contributed by atoms with Crippen LogP contribution in [0.2, 0.25) is 36.3 Å². The second-order valence-electron chi connectivity index (χ2n) is 14.9. The van der Waals surface area contributed by atoms with Crippen molar-refractivity contribution >= 4 is 22.5 Å². The molecule has 0 unspecified atom stereocenters. The maximum Gasteiger partial charge on any atom is 0.243 e. The van der Waals surface area contributed by atoms with E-state index in [1.54, 1.807) is 6.08 Å². The van der Waals surface area contributed by atoms with Gasteiger partial charge in [0, 0.05) is 18.5 Å². The van der Waals surface area contributed by atoms with Crippen LogP contribution in [0.25, 0.3) is 0 Å². The smallest absolute Gasteiger partial charge is 0.243 e. The normalized spacial score (nSPS) is 29.9. The second-order valence-corrected chi connectivity index (χ2v) is 24.4. The summed E-state index contributed by atoms with van der Waals surface area (Å²) >= 11 is 0. The van der Waals surface area contributed by atoms with Gasteiger partial charge in [-0.1, -0.05) is 71.4 Å². The Balaban J connectivity index is 1.45. The molecule has 2 aliphatic heterocycles. The summed E-state index contributed by atoms with van der Waals surface area (Å²) in [5.74, 6) is 0.665. The van der Waals surface area contributed by atoms with Crippen LogP contribution in [0.15, 0.2) is 36.0 Å². The number of epoxide rings is 1. The zero-order valence-corrected chi connectivity index (χ0v) is 31.1. The molecule has 0 aromatic heterocycles. The molecular weight excluding hydrogens is 571 g/mol. The van der Waals surface area contributed by atoms with E-state index in [2.05, 4.69) is 85.1 Å². The van der Waals surface area contributed by atoms with Gasteiger partial charge in [0.25, 0.3) is 0 Å². The number of hydrogen-bond donors (Lipinski definition) is 1. The van der Waals surface area contributed by atoms with E-state index in [0.29, 0.717) is 5.92 Å². The number of ether oxygens (including phenoxy) is 2. The summed E-state index contributed by atoms with van der Waals surface area (Å²) in [6.07, 6.45) is 16.7. The molecule has 0 aromatic carbocycles. The molecule has 6 nitrogen and oxygen atoms in total. The first-order valence-electron chi connectivity index (χ1n) is 17.1. The Morgan fingerprint density at radius 3 is 2.26 bits per heavy atom. The van der Waals surface area contributed by atoms with Gasteiger partial charge >= 0.3 is 0 Å². The largest absolute Gasteiger partial charge is 0.411 e. The van der Waals surface area contributed by atoms with Crippen molar-refractivity contribution in [1.29, 1.82) is 0 Å². The molecule has 1 aliphatic carbocycles. The fourth-order valence-corrected chi connectivity index (χ4v) is 10.5. The molecule has 246 valence electrons. The van der Waals surface area contributed by atoms with Gasteiger partial charge in [0.2, 0.25) is 5.91 Å². The van der Waals surface area contributed by atoms with Crippen LogP contribution in [0.4, 0.5) is 0 Å². The number of carbonyl (C=O) groups excluding carboxylic acids is 1. The lowest BCUT2D eigenvalue weighted by Gasteiger charge is -2.41. The first kappa shape index (κ1) is 36.4.